The molecule has 0 saturated carbocycles. The number of hydrogen-bond donors (Lipinski definition) is 2. The van der Waals surface area contributed by atoms with Crippen molar-refractivity contribution in [2.24, 2.45) is 4.99 Å². The number of rotatable bonds is 8. The van der Waals surface area contributed by atoms with Crippen molar-refractivity contribution in [2.75, 3.05) is 34.0 Å². The highest BCUT2D eigenvalue weighted by molar-refractivity contribution is 7.90. The van der Waals surface area contributed by atoms with Gasteiger partial charge in [0.1, 0.15) is 5.75 Å². The molecule has 31 heavy (non-hydrogen) atoms. The van der Waals surface area contributed by atoms with E-state index in [0.717, 1.165) is 16.9 Å². The summed E-state index contributed by atoms with van der Waals surface area (Å²) in [6.45, 7) is 2.71. The highest BCUT2D eigenvalue weighted by Crippen LogP contribution is 2.17. The molecule has 2 rings (SSSR count). The van der Waals surface area contributed by atoms with Gasteiger partial charge in [0, 0.05) is 26.9 Å². The summed E-state index contributed by atoms with van der Waals surface area (Å²) in [6, 6.07) is 12.8. The minimum Gasteiger partial charge on any atom is -0.497 e. The molecular formula is C22H30N4O4S. The monoisotopic (exact) mass is 446 g/mol. The van der Waals surface area contributed by atoms with Crippen molar-refractivity contribution in [1.29, 1.82) is 0 Å². The second-order valence-corrected chi connectivity index (χ2v) is 9.36. The highest BCUT2D eigenvalue weighted by atomic mass is 32.2. The van der Waals surface area contributed by atoms with E-state index < -0.39 is 9.84 Å². The third kappa shape index (κ3) is 7.60. The van der Waals surface area contributed by atoms with E-state index in [0.29, 0.717) is 29.5 Å². The third-order valence-corrected chi connectivity index (χ3v) is 5.84. The molecule has 2 aromatic rings. The molecule has 0 spiro atoms. The SMILES string of the molecule is COc1ccc(CNC(=NCc2ccc(S(C)(=O)=O)c(C)c2)NCC(=O)N(C)C)cc1. The maximum absolute atomic E-state index is 12.0. The van der Waals surface area contributed by atoms with Crippen molar-refractivity contribution in [3.05, 3.63) is 59.2 Å². The van der Waals surface area contributed by atoms with E-state index in [1.54, 1.807) is 40.3 Å². The summed E-state index contributed by atoms with van der Waals surface area (Å²) in [5.41, 5.74) is 2.58. The lowest BCUT2D eigenvalue weighted by atomic mass is 10.1. The van der Waals surface area contributed by atoms with Crippen LogP contribution >= 0.6 is 0 Å². The van der Waals surface area contributed by atoms with Gasteiger partial charge in [0.2, 0.25) is 5.91 Å². The molecule has 2 N–H and O–H groups in total. The lowest BCUT2D eigenvalue weighted by Gasteiger charge is -2.15. The highest BCUT2D eigenvalue weighted by Gasteiger charge is 2.11. The van der Waals surface area contributed by atoms with Crippen molar-refractivity contribution in [2.45, 2.75) is 24.9 Å². The van der Waals surface area contributed by atoms with Crippen LogP contribution in [0.1, 0.15) is 16.7 Å². The Balaban J connectivity index is 2.13. The summed E-state index contributed by atoms with van der Waals surface area (Å²) < 4.78 is 28.8. The van der Waals surface area contributed by atoms with Gasteiger partial charge in [-0.1, -0.05) is 24.3 Å². The number of nitrogens with one attached hydrogen (secondary N) is 2. The fourth-order valence-corrected chi connectivity index (χ4v) is 3.78. The minimum atomic E-state index is -3.26. The van der Waals surface area contributed by atoms with Crippen LogP contribution < -0.4 is 15.4 Å². The maximum Gasteiger partial charge on any atom is 0.241 e. The number of benzene rings is 2. The first-order valence-electron chi connectivity index (χ1n) is 9.75. The quantitative estimate of drug-likeness (QED) is 0.473. The molecule has 0 aromatic heterocycles. The largest absolute Gasteiger partial charge is 0.497 e. The Morgan fingerprint density at radius 2 is 1.71 bits per heavy atom. The molecule has 8 nitrogen and oxygen atoms in total. The topological polar surface area (TPSA) is 100 Å². The van der Waals surface area contributed by atoms with Gasteiger partial charge in [0.25, 0.3) is 0 Å². The van der Waals surface area contributed by atoms with Crippen molar-refractivity contribution in [1.82, 2.24) is 15.5 Å². The molecule has 0 bridgehead atoms. The summed E-state index contributed by atoms with van der Waals surface area (Å²) in [7, 11) is 1.74. The molecule has 0 heterocycles. The first-order valence-corrected chi connectivity index (χ1v) is 11.6. The number of guanidine groups is 1. The van der Waals surface area contributed by atoms with E-state index >= 15 is 0 Å². The molecule has 1 amide bonds. The summed E-state index contributed by atoms with van der Waals surface area (Å²) in [4.78, 5) is 18.3. The fourth-order valence-electron chi connectivity index (χ4n) is 2.82. The van der Waals surface area contributed by atoms with Gasteiger partial charge in [-0.3, -0.25) is 4.79 Å². The Bertz CT molecular complexity index is 1030. The molecule has 168 valence electrons. The van der Waals surface area contributed by atoms with Crippen LogP contribution in [0.5, 0.6) is 5.75 Å². The number of methoxy groups -OCH3 is 1. The molecule has 0 fully saturated rings. The molecule has 0 atom stereocenters. The fraction of sp³-hybridized carbons (Fsp3) is 0.364. The summed E-state index contributed by atoms with van der Waals surface area (Å²) in [6.07, 6.45) is 1.19. The van der Waals surface area contributed by atoms with Gasteiger partial charge in [0.05, 0.1) is 25.1 Å². The van der Waals surface area contributed by atoms with Gasteiger partial charge in [-0.15, -0.1) is 0 Å². The Kier molecular flexibility index (Phi) is 8.44. The lowest BCUT2D eigenvalue weighted by molar-refractivity contribution is -0.127. The van der Waals surface area contributed by atoms with Crippen LogP contribution in [0.2, 0.25) is 0 Å². The number of ether oxygens (including phenoxy) is 1. The van der Waals surface area contributed by atoms with E-state index in [1.807, 2.05) is 30.3 Å². The molecule has 2 aromatic carbocycles. The number of hydrogen-bond acceptors (Lipinski definition) is 5. The molecule has 0 aliphatic heterocycles. The summed E-state index contributed by atoms with van der Waals surface area (Å²) in [5, 5.41) is 6.26. The second kappa shape index (κ2) is 10.8. The average Bonchev–Trinajstić information content (AvgIpc) is 2.72. The van der Waals surface area contributed by atoms with E-state index in [9.17, 15) is 13.2 Å². The van der Waals surface area contributed by atoms with Crippen LogP contribution in [0, 0.1) is 6.92 Å². The number of aryl methyl sites for hydroxylation is 1. The molecule has 9 heteroatoms. The van der Waals surface area contributed by atoms with Gasteiger partial charge in [-0.2, -0.15) is 0 Å². The zero-order valence-electron chi connectivity index (χ0n) is 18.6. The number of carbonyl (C=O) groups excluding carboxylic acids is 1. The second-order valence-electron chi connectivity index (χ2n) is 7.38. The zero-order chi connectivity index (χ0) is 23.0. The Morgan fingerprint density at radius 1 is 1.06 bits per heavy atom. The van der Waals surface area contributed by atoms with Gasteiger partial charge in [-0.05, 0) is 41.8 Å². The zero-order valence-corrected chi connectivity index (χ0v) is 19.4. The standard InChI is InChI=1S/C22H30N4O4S/c1-16-12-18(8-11-20(16)31(5,28)29)14-24-22(25-15-21(27)26(2)3)23-13-17-6-9-19(30-4)10-7-17/h6-12H,13-15H2,1-5H3,(H2,23,24,25). The van der Waals surface area contributed by atoms with E-state index in [-0.39, 0.29) is 12.5 Å². The van der Waals surface area contributed by atoms with E-state index in [1.165, 1.54) is 11.2 Å². The molecule has 0 unspecified atom stereocenters. The Labute approximate surface area is 184 Å². The van der Waals surface area contributed by atoms with Crippen molar-refractivity contribution < 1.29 is 17.9 Å². The van der Waals surface area contributed by atoms with Crippen LogP contribution in [0.4, 0.5) is 0 Å². The lowest BCUT2D eigenvalue weighted by Crippen LogP contribution is -2.42. The average molecular weight is 447 g/mol. The van der Waals surface area contributed by atoms with Crippen molar-refractivity contribution in [3.63, 3.8) is 0 Å². The molecule has 0 aliphatic carbocycles. The third-order valence-electron chi connectivity index (χ3n) is 4.58. The number of carbonyl (C=O) groups is 1. The van der Waals surface area contributed by atoms with Gasteiger partial charge in [-0.25, -0.2) is 13.4 Å². The number of nitrogens with zero attached hydrogens (tertiary/aromatic N) is 2. The first-order chi connectivity index (χ1) is 14.6. The normalized spacial score (nSPS) is 11.7. The van der Waals surface area contributed by atoms with Crippen LogP contribution in [-0.4, -0.2) is 59.2 Å². The number of sulfone groups is 1. The molecular weight excluding hydrogens is 416 g/mol. The van der Waals surface area contributed by atoms with E-state index in [2.05, 4.69) is 15.6 Å². The molecule has 0 radical (unpaired) electrons. The van der Waals surface area contributed by atoms with E-state index in [4.69, 9.17) is 4.74 Å². The molecule has 0 aliphatic rings. The van der Waals surface area contributed by atoms with Crippen LogP contribution in [-0.2, 0) is 27.7 Å². The van der Waals surface area contributed by atoms with Crippen molar-refractivity contribution in [3.8, 4) is 5.75 Å². The number of likely N-dealkylation sites (N-methyl/N-ethyl adjacent to an activating group) is 1. The minimum absolute atomic E-state index is 0.0766. The Morgan fingerprint density at radius 3 is 2.26 bits per heavy atom. The predicted octanol–water partition coefficient (Wildman–Crippen LogP) is 1.73. The van der Waals surface area contributed by atoms with Gasteiger partial charge in [0.15, 0.2) is 15.8 Å². The molecule has 0 saturated heterocycles. The van der Waals surface area contributed by atoms with Gasteiger partial charge >= 0.3 is 0 Å². The number of aliphatic imine (C=N–C) groups is 1. The van der Waals surface area contributed by atoms with Crippen LogP contribution in [0.3, 0.4) is 0 Å². The van der Waals surface area contributed by atoms with Gasteiger partial charge < -0.3 is 20.3 Å². The van der Waals surface area contributed by atoms with Crippen LogP contribution in [0.15, 0.2) is 52.4 Å². The first kappa shape index (κ1) is 24.2. The Hall–Kier alpha value is -3.07. The predicted molar refractivity (Wildman–Crippen MR) is 122 cm³/mol. The summed E-state index contributed by atoms with van der Waals surface area (Å²) in [5.74, 6) is 1.18. The van der Waals surface area contributed by atoms with Crippen molar-refractivity contribution >= 4 is 21.7 Å². The summed E-state index contributed by atoms with van der Waals surface area (Å²) >= 11 is 0. The smallest absolute Gasteiger partial charge is 0.241 e. The number of amides is 1. The maximum atomic E-state index is 12.0. The van der Waals surface area contributed by atoms with Crippen LogP contribution in [0.25, 0.3) is 0 Å².